The number of amides is 2. The molecule has 0 aliphatic carbocycles. The van der Waals surface area contributed by atoms with Crippen molar-refractivity contribution in [2.24, 2.45) is 5.10 Å². The third-order valence-corrected chi connectivity index (χ3v) is 2.69. The van der Waals surface area contributed by atoms with Crippen LogP contribution in [0.1, 0.15) is 11.1 Å². The number of nitrogens with zero attached hydrogens (tertiary/aromatic N) is 1. The quantitative estimate of drug-likeness (QED) is 0.514. The summed E-state index contributed by atoms with van der Waals surface area (Å²) in [4.78, 5) is 23.2. The molecule has 2 aromatic carbocycles. The zero-order valence-corrected chi connectivity index (χ0v) is 11.5. The summed E-state index contributed by atoms with van der Waals surface area (Å²) in [6, 6.07) is 16.4. The zero-order chi connectivity index (χ0) is 15.1. The standard InChI is InChI=1S/C16H15N3O2/c1-12-7-9-13(10-8-12)11-17-19-16(21)15(20)18-14-5-3-2-4-6-14/h2-11H,1H3,(H,18,20)(H,19,21)/b17-11-. The Morgan fingerprint density at radius 3 is 2.29 bits per heavy atom. The molecule has 106 valence electrons. The summed E-state index contributed by atoms with van der Waals surface area (Å²) in [5.41, 5.74) is 4.71. The predicted molar refractivity (Wildman–Crippen MR) is 82.0 cm³/mol. The number of benzene rings is 2. The second-order valence-electron chi connectivity index (χ2n) is 4.43. The maximum absolute atomic E-state index is 11.6. The fourth-order valence-electron chi connectivity index (χ4n) is 1.58. The van der Waals surface area contributed by atoms with Crippen molar-refractivity contribution in [2.45, 2.75) is 6.92 Å². The number of carbonyl (C=O) groups excluding carboxylic acids is 2. The number of para-hydroxylation sites is 1. The first-order valence-corrected chi connectivity index (χ1v) is 6.41. The van der Waals surface area contributed by atoms with Gasteiger partial charge in [0.1, 0.15) is 0 Å². The molecule has 0 saturated carbocycles. The van der Waals surface area contributed by atoms with Gasteiger partial charge >= 0.3 is 11.8 Å². The summed E-state index contributed by atoms with van der Waals surface area (Å²) in [7, 11) is 0. The molecule has 0 atom stereocenters. The molecular weight excluding hydrogens is 266 g/mol. The largest absolute Gasteiger partial charge is 0.329 e. The van der Waals surface area contributed by atoms with Crippen LogP contribution in [0.2, 0.25) is 0 Å². The summed E-state index contributed by atoms with van der Waals surface area (Å²) in [5.74, 6) is -1.58. The molecule has 0 saturated heterocycles. The maximum atomic E-state index is 11.6. The summed E-state index contributed by atoms with van der Waals surface area (Å²) in [6.07, 6.45) is 1.48. The van der Waals surface area contributed by atoms with E-state index in [2.05, 4.69) is 15.8 Å². The third-order valence-electron chi connectivity index (χ3n) is 2.69. The normalized spacial score (nSPS) is 10.3. The molecule has 0 spiro atoms. The average molecular weight is 281 g/mol. The second-order valence-corrected chi connectivity index (χ2v) is 4.43. The van der Waals surface area contributed by atoms with Crippen LogP contribution in [0.25, 0.3) is 0 Å². The van der Waals surface area contributed by atoms with E-state index in [0.717, 1.165) is 11.1 Å². The van der Waals surface area contributed by atoms with E-state index in [-0.39, 0.29) is 0 Å². The van der Waals surface area contributed by atoms with Crippen molar-refractivity contribution in [1.29, 1.82) is 0 Å². The van der Waals surface area contributed by atoms with Gasteiger partial charge in [-0.2, -0.15) is 5.10 Å². The van der Waals surface area contributed by atoms with Gasteiger partial charge in [0.15, 0.2) is 0 Å². The summed E-state index contributed by atoms with van der Waals surface area (Å²) >= 11 is 0. The van der Waals surface area contributed by atoms with Crippen LogP contribution in [0.5, 0.6) is 0 Å². The van der Waals surface area contributed by atoms with Crippen molar-refractivity contribution in [1.82, 2.24) is 5.43 Å². The Bertz CT molecular complexity index is 649. The lowest BCUT2D eigenvalue weighted by molar-refractivity contribution is -0.136. The van der Waals surface area contributed by atoms with Crippen LogP contribution in [0.15, 0.2) is 59.7 Å². The van der Waals surface area contributed by atoms with Crippen molar-refractivity contribution in [3.8, 4) is 0 Å². The molecule has 0 aliphatic heterocycles. The van der Waals surface area contributed by atoms with Crippen molar-refractivity contribution in [3.05, 3.63) is 65.7 Å². The van der Waals surface area contributed by atoms with Crippen molar-refractivity contribution in [2.75, 3.05) is 5.32 Å². The SMILES string of the molecule is Cc1ccc(/C=N\NC(=O)C(=O)Nc2ccccc2)cc1. The maximum Gasteiger partial charge on any atom is 0.329 e. The van der Waals surface area contributed by atoms with Gasteiger partial charge in [-0.05, 0) is 24.6 Å². The minimum absolute atomic E-state index is 0.556. The van der Waals surface area contributed by atoms with Crippen LogP contribution in [0.4, 0.5) is 5.69 Å². The molecule has 2 amide bonds. The molecule has 2 aromatic rings. The Hall–Kier alpha value is -2.95. The van der Waals surface area contributed by atoms with E-state index in [1.807, 2.05) is 37.3 Å². The van der Waals surface area contributed by atoms with Crippen molar-refractivity contribution >= 4 is 23.7 Å². The third kappa shape index (κ3) is 4.58. The molecule has 5 heteroatoms. The van der Waals surface area contributed by atoms with Gasteiger partial charge in [0.25, 0.3) is 0 Å². The molecule has 21 heavy (non-hydrogen) atoms. The molecule has 0 unspecified atom stereocenters. The predicted octanol–water partition coefficient (Wildman–Crippen LogP) is 2.08. The minimum Gasteiger partial charge on any atom is -0.318 e. The number of nitrogens with one attached hydrogen (secondary N) is 2. The van der Waals surface area contributed by atoms with Gasteiger partial charge in [-0.1, -0.05) is 48.0 Å². The van der Waals surface area contributed by atoms with Crippen molar-refractivity contribution < 1.29 is 9.59 Å². The highest BCUT2D eigenvalue weighted by Crippen LogP contribution is 2.04. The Kier molecular flexibility index (Phi) is 4.82. The van der Waals surface area contributed by atoms with Gasteiger partial charge in [-0.15, -0.1) is 0 Å². The number of anilines is 1. The number of hydrogen-bond donors (Lipinski definition) is 2. The number of hydrogen-bond acceptors (Lipinski definition) is 3. The van der Waals surface area contributed by atoms with Gasteiger partial charge in [-0.3, -0.25) is 9.59 Å². The van der Waals surface area contributed by atoms with Crippen molar-refractivity contribution in [3.63, 3.8) is 0 Å². The van der Waals surface area contributed by atoms with Crippen LogP contribution in [-0.4, -0.2) is 18.0 Å². The van der Waals surface area contributed by atoms with E-state index >= 15 is 0 Å². The number of hydrazone groups is 1. The second kappa shape index (κ2) is 7.00. The van der Waals surface area contributed by atoms with Crippen LogP contribution in [0.3, 0.4) is 0 Å². The molecule has 0 radical (unpaired) electrons. The number of rotatable bonds is 3. The molecule has 2 N–H and O–H groups in total. The van der Waals surface area contributed by atoms with E-state index in [1.165, 1.54) is 6.21 Å². The lowest BCUT2D eigenvalue weighted by atomic mass is 10.2. The first-order valence-electron chi connectivity index (χ1n) is 6.41. The number of carbonyl (C=O) groups is 2. The lowest BCUT2D eigenvalue weighted by Gasteiger charge is -2.03. The van der Waals surface area contributed by atoms with Crippen LogP contribution < -0.4 is 10.7 Å². The molecule has 0 bridgehead atoms. The molecule has 0 aliphatic rings. The molecular formula is C16H15N3O2. The van der Waals surface area contributed by atoms with Gasteiger partial charge in [0.2, 0.25) is 0 Å². The van der Waals surface area contributed by atoms with E-state index in [0.29, 0.717) is 5.69 Å². The highest BCUT2D eigenvalue weighted by atomic mass is 16.2. The molecule has 2 rings (SSSR count). The zero-order valence-electron chi connectivity index (χ0n) is 11.5. The minimum atomic E-state index is -0.817. The molecule has 0 fully saturated rings. The van der Waals surface area contributed by atoms with Crippen LogP contribution >= 0.6 is 0 Å². The Morgan fingerprint density at radius 2 is 1.62 bits per heavy atom. The summed E-state index contributed by atoms with van der Waals surface area (Å²) < 4.78 is 0. The van der Waals surface area contributed by atoms with E-state index in [9.17, 15) is 9.59 Å². The monoisotopic (exact) mass is 281 g/mol. The molecule has 0 aromatic heterocycles. The first-order chi connectivity index (χ1) is 10.1. The summed E-state index contributed by atoms with van der Waals surface area (Å²) in [5, 5.41) is 6.22. The van der Waals surface area contributed by atoms with Gasteiger partial charge in [0, 0.05) is 5.69 Å². The van der Waals surface area contributed by atoms with Gasteiger partial charge in [0.05, 0.1) is 6.21 Å². The molecule has 0 heterocycles. The summed E-state index contributed by atoms with van der Waals surface area (Å²) in [6.45, 7) is 1.98. The van der Waals surface area contributed by atoms with E-state index in [1.54, 1.807) is 24.3 Å². The topological polar surface area (TPSA) is 70.6 Å². The first kappa shape index (κ1) is 14.5. The average Bonchev–Trinajstić information content (AvgIpc) is 2.50. The Balaban J connectivity index is 1.86. The highest BCUT2D eigenvalue weighted by Gasteiger charge is 2.12. The fourth-order valence-corrected chi connectivity index (χ4v) is 1.58. The van der Waals surface area contributed by atoms with Gasteiger partial charge < -0.3 is 5.32 Å². The lowest BCUT2D eigenvalue weighted by Crippen LogP contribution is -2.32. The van der Waals surface area contributed by atoms with E-state index < -0.39 is 11.8 Å². The Labute approximate surface area is 122 Å². The van der Waals surface area contributed by atoms with Crippen LogP contribution in [0, 0.1) is 6.92 Å². The van der Waals surface area contributed by atoms with E-state index in [4.69, 9.17) is 0 Å². The molecule has 5 nitrogen and oxygen atoms in total. The van der Waals surface area contributed by atoms with Crippen LogP contribution in [-0.2, 0) is 9.59 Å². The highest BCUT2D eigenvalue weighted by molar-refractivity contribution is 6.39. The fraction of sp³-hybridized carbons (Fsp3) is 0.0625. The van der Waals surface area contributed by atoms with Gasteiger partial charge in [-0.25, -0.2) is 5.43 Å². The Morgan fingerprint density at radius 1 is 0.952 bits per heavy atom. The smallest absolute Gasteiger partial charge is 0.318 e. The number of aryl methyl sites for hydroxylation is 1.